The van der Waals surface area contributed by atoms with Gasteiger partial charge in [-0.25, -0.2) is 0 Å². The molecule has 1 aromatic carbocycles. The van der Waals surface area contributed by atoms with Gasteiger partial charge in [0.2, 0.25) is 0 Å². The predicted octanol–water partition coefficient (Wildman–Crippen LogP) is 3.79. The van der Waals surface area contributed by atoms with Crippen LogP contribution >= 0.6 is 0 Å². The van der Waals surface area contributed by atoms with E-state index < -0.39 is 0 Å². The van der Waals surface area contributed by atoms with E-state index in [-0.39, 0.29) is 0 Å². The number of hydrogen-bond donors (Lipinski definition) is 0. The summed E-state index contributed by atoms with van der Waals surface area (Å²) in [4.78, 5) is 9.40. The van der Waals surface area contributed by atoms with Gasteiger partial charge in [0.05, 0.1) is 24.3 Å². The number of benzene rings is 1. The van der Waals surface area contributed by atoms with Crippen molar-refractivity contribution in [3.63, 3.8) is 0 Å². The monoisotopic (exact) mass is 265 g/mol. The van der Waals surface area contributed by atoms with Crippen LogP contribution in [0.4, 0.5) is 5.69 Å². The van der Waals surface area contributed by atoms with Crippen LogP contribution in [-0.2, 0) is 0 Å². The Morgan fingerprint density at radius 3 is 2.70 bits per heavy atom. The topological polar surface area (TPSA) is 18.8 Å². The van der Waals surface area contributed by atoms with Crippen molar-refractivity contribution in [2.75, 3.05) is 11.6 Å². The second-order valence-electron chi connectivity index (χ2n) is 5.79. The summed E-state index contributed by atoms with van der Waals surface area (Å²) < 4.78 is 0. The minimum Gasteiger partial charge on any atom is -0.327 e. The molecule has 0 bridgehead atoms. The van der Waals surface area contributed by atoms with Crippen LogP contribution in [0.2, 0.25) is 0 Å². The van der Waals surface area contributed by atoms with Gasteiger partial charge in [-0.2, -0.15) is 0 Å². The molecule has 0 amide bonds. The lowest BCUT2D eigenvalue weighted by atomic mass is 9.99. The van der Waals surface area contributed by atoms with Gasteiger partial charge in [-0.1, -0.05) is 17.7 Å². The fourth-order valence-electron chi connectivity index (χ4n) is 3.19. The molecule has 4 rings (SSSR count). The van der Waals surface area contributed by atoms with Crippen LogP contribution in [0, 0.1) is 6.92 Å². The highest BCUT2D eigenvalue weighted by atomic mass is 15.4. The molecule has 0 atom stereocenters. The van der Waals surface area contributed by atoms with Crippen molar-refractivity contribution in [3.8, 4) is 0 Å². The molecule has 0 spiro atoms. The normalized spacial score (nSPS) is 20.9. The molecule has 0 unspecified atom stereocenters. The first-order chi connectivity index (χ1) is 9.81. The Balaban J connectivity index is 1.64. The van der Waals surface area contributed by atoms with Gasteiger partial charge in [0.15, 0.2) is 0 Å². The Hall–Kier alpha value is -2.03. The van der Waals surface area contributed by atoms with Crippen LogP contribution in [0.5, 0.6) is 0 Å². The van der Waals surface area contributed by atoms with E-state index in [4.69, 9.17) is 0 Å². The number of allylic oxidation sites excluding steroid dienone is 3. The van der Waals surface area contributed by atoms with E-state index in [1.54, 1.807) is 0 Å². The number of aryl methyl sites for hydroxylation is 1. The summed E-state index contributed by atoms with van der Waals surface area (Å²) in [6, 6.07) is 8.73. The van der Waals surface area contributed by atoms with E-state index in [9.17, 15) is 0 Å². The summed E-state index contributed by atoms with van der Waals surface area (Å²) in [5.41, 5.74) is 6.53. The molecule has 0 saturated carbocycles. The van der Waals surface area contributed by atoms with E-state index in [0.717, 1.165) is 13.1 Å². The van der Waals surface area contributed by atoms with Gasteiger partial charge in [0.25, 0.3) is 0 Å². The number of rotatable bonds is 1. The molecule has 3 heteroatoms. The van der Waals surface area contributed by atoms with Crippen LogP contribution in [0.1, 0.15) is 31.2 Å². The third-order valence-electron chi connectivity index (χ3n) is 4.35. The van der Waals surface area contributed by atoms with Crippen LogP contribution in [0.25, 0.3) is 0 Å². The highest BCUT2D eigenvalue weighted by Crippen LogP contribution is 2.36. The van der Waals surface area contributed by atoms with Crippen LogP contribution in [-0.4, -0.2) is 17.8 Å². The maximum Gasteiger partial charge on any atom is 0.0993 e. The highest BCUT2D eigenvalue weighted by Gasteiger charge is 2.29. The highest BCUT2D eigenvalue weighted by molar-refractivity contribution is 5.83. The Kier molecular flexibility index (Phi) is 2.66. The SMILES string of the molecule is Cc1ccc(N2C=C3C=NC4=C(CCCC4)N3C2)cc1. The molecule has 102 valence electrons. The molecule has 1 aromatic rings. The molecule has 3 nitrogen and oxygen atoms in total. The number of fused-ring (bicyclic) bond motifs is 2. The summed E-state index contributed by atoms with van der Waals surface area (Å²) in [5, 5.41) is 0. The summed E-state index contributed by atoms with van der Waals surface area (Å²) in [6.07, 6.45) is 9.13. The van der Waals surface area contributed by atoms with Gasteiger partial charge in [0, 0.05) is 17.6 Å². The maximum atomic E-state index is 4.65. The maximum absolute atomic E-state index is 4.65. The van der Waals surface area contributed by atoms with E-state index in [1.807, 2.05) is 6.21 Å². The first-order valence-corrected chi connectivity index (χ1v) is 7.40. The smallest absolute Gasteiger partial charge is 0.0993 e. The largest absolute Gasteiger partial charge is 0.327 e. The number of hydrogen-bond acceptors (Lipinski definition) is 3. The van der Waals surface area contributed by atoms with Crippen LogP contribution in [0.15, 0.2) is 52.5 Å². The van der Waals surface area contributed by atoms with Crippen LogP contribution in [0.3, 0.4) is 0 Å². The summed E-state index contributed by atoms with van der Waals surface area (Å²) >= 11 is 0. The molecule has 2 heterocycles. The average Bonchev–Trinajstić information content (AvgIpc) is 2.92. The Morgan fingerprint density at radius 2 is 1.85 bits per heavy atom. The van der Waals surface area contributed by atoms with Crippen molar-refractivity contribution in [3.05, 3.63) is 53.1 Å². The molecule has 0 N–H and O–H groups in total. The van der Waals surface area contributed by atoms with E-state index in [2.05, 4.69) is 52.2 Å². The number of nitrogens with zero attached hydrogens (tertiary/aromatic N) is 3. The molecule has 2 aliphatic heterocycles. The fraction of sp³-hybridized carbons (Fsp3) is 0.353. The minimum absolute atomic E-state index is 0.920. The number of aliphatic imine (C=N–C) groups is 1. The van der Waals surface area contributed by atoms with Crippen molar-refractivity contribution >= 4 is 11.9 Å². The zero-order valence-electron chi connectivity index (χ0n) is 11.8. The van der Waals surface area contributed by atoms with E-state index in [1.165, 1.54) is 47.6 Å². The fourth-order valence-corrected chi connectivity index (χ4v) is 3.19. The molecule has 0 saturated heterocycles. The van der Waals surface area contributed by atoms with Crippen molar-refractivity contribution < 1.29 is 0 Å². The molecule has 20 heavy (non-hydrogen) atoms. The van der Waals surface area contributed by atoms with Crippen molar-refractivity contribution in [2.24, 2.45) is 4.99 Å². The lowest BCUT2D eigenvalue weighted by Crippen LogP contribution is -2.30. The van der Waals surface area contributed by atoms with Crippen molar-refractivity contribution in [1.29, 1.82) is 0 Å². The Labute approximate surface area is 119 Å². The summed E-state index contributed by atoms with van der Waals surface area (Å²) in [7, 11) is 0. The van der Waals surface area contributed by atoms with Crippen molar-refractivity contribution in [2.45, 2.75) is 32.6 Å². The first kappa shape index (κ1) is 11.8. The van der Waals surface area contributed by atoms with E-state index >= 15 is 0 Å². The lowest BCUT2D eigenvalue weighted by Gasteiger charge is -2.31. The minimum atomic E-state index is 0.920. The molecular weight excluding hydrogens is 246 g/mol. The van der Waals surface area contributed by atoms with E-state index in [0.29, 0.717) is 0 Å². The van der Waals surface area contributed by atoms with Gasteiger partial charge in [-0.05, 0) is 44.7 Å². The molecular formula is C17H19N3. The van der Waals surface area contributed by atoms with Crippen molar-refractivity contribution in [1.82, 2.24) is 4.90 Å². The predicted molar refractivity (Wildman–Crippen MR) is 82.4 cm³/mol. The van der Waals surface area contributed by atoms with Gasteiger partial charge in [-0.3, -0.25) is 4.99 Å². The number of anilines is 1. The van der Waals surface area contributed by atoms with Gasteiger partial charge >= 0.3 is 0 Å². The van der Waals surface area contributed by atoms with Gasteiger partial charge in [0.1, 0.15) is 0 Å². The average molecular weight is 265 g/mol. The zero-order chi connectivity index (χ0) is 13.5. The molecule has 0 fully saturated rings. The van der Waals surface area contributed by atoms with Crippen LogP contribution < -0.4 is 4.90 Å². The standard InChI is InChI=1S/C17H19N3/c1-13-6-8-14(9-7-13)19-11-15-10-18-16-4-2-3-5-17(16)20(15)12-19/h6-11H,2-5,12H2,1H3. The van der Waals surface area contributed by atoms with Gasteiger partial charge in [-0.15, -0.1) is 0 Å². The third kappa shape index (κ3) is 1.85. The zero-order valence-corrected chi connectivity index (χ0v) is 11.8. The molecule has 3 aliphatic rings. The Morgan fingerprint density at radius 1 is 1.05 bits per heavy atom. The Bertz CT molecular complexity index is 622. The second kappa shape index (κ2) is 4.51. The summed E-state index contributed by atoms with van der Waals surface area (Å²) in [6.45, 7) is 3.05. The van der Waals surface area contributed by atoms with Gasteiger partial charge < -0.3 is 9.80 Å². The second-order valence-corrected chi connectivity index (χ2v) is 5.79. The third-order valence-corrected chi connectivity index (χ3v) is 4.35. The molecule has 0 radical (unpaired) electrons. The molecule has 0 aromatic heterocycles. The summed E-state index contributed by atoms with van der Waals surface area (Å²) in [5.74, 6) is 0. The lowest BCUT2D eigenvalue weighted by molar-refractivity contribution is 0.426. The first-order valence-electron chi connectivity index (χ1n) is 7.40. The quantitative estimate of drug-likeness (QED) is 0.769. The molecule has 1 aliphatic carbocycles.